The molecule has 1 aromatic heterocycles. The molecule has 1 aromatic rings. The van der Waals surface area contributed by atoms with Crippen LogP contribution >= 0.6 is 23.4 Å². The van der Waals surface area contributed by atoms with Crippen LogP contribution in [-0.2, 0) is 11.3 Å². The summed E-state index contributed by atoms with van der Waals surface area (Å²) in [6, 6.07) is -0.0562. The number of aromatic nitrogens is 2. The SMILES string of the molecule is COCCn1ncc(Cl)c1C(N)CCSC. The molecular formula is C10H18ClN3OS. The molecule has 0 spiro atoms. The predicted molar refractivity (Wildman–Crippen MR) is 69.0 cm³/mol. The maximum atomic E-state index is 6.10. The number of ether oxygens (including phenoxy) is 1. The molecule has 0 bridgehead atoms. The Morgan fingerprint density at radius 1 is 1.69 bits per heavy atom. The number of hydrogen-bond acceptors (Lipinski definition) is 4. The van der Waals surface area contributed by atoms with Gasteiger partial charge in [-0.1, -0.05) is 11.6 Å². The molecule has 0 fully saturated rings. The smallest absolute Gasteiger partial charge is 0.0834 e. The maximum Gasteiger partial charge on any atom is 0.0834 e. The van der Waals surface area contributed by atoms with Crippen LogP contribution in [0.25, 0.3) is 0 Å². The highest BCUT2D eigenvalue weighted by atomic mass is 35.5. The van der Waals surface area contributed by atoms with E-state index in [1.165, 1.54) is 0 Å². The van der Waals surface area contributed by atoms with Gasteiger partial charge in [0.2, 0.25) is 0 Å². The largest absolute Gasteiger partial charge is 0.383 e. The zero-order valence-corrected chi connectivity index (χ0v) is 11.2. The summed E-state index contributed by atoms with van der Waals surface area (Å²) in [5.41, 5.74) is 7.01. The molecule has 4 nitrogen and oxygen atoms in total. The first kappa shape index (κ1) is 13.8. The van der Waals surface area contributed by atoms with Gasteiger partial charge in [-0.2, -0.15) is 16.9 Å². The van der Waals surface area contributed by atoms with Crippen molar-refractivity contribution in [3.63, 3.8) is 0 Å². The summed E-state index contributed by atoms with van der Waals surface area (Å²) in [6.07, 6.45) is 4.61. The van der Waals surface area contributed by atoms with E-state index in [4.69, 9.17) is 22.1 Å². The van der Waals surface area contributed by atoms with Crippen molar-refractivity contribution < 1.29 is 4.74 Å². The Morgan fingerprint density at radius 2 is 2.44 bits per heavy atom. The fourth-order valence-corrected chi connectivity index (χ4v) is 2.25. The van der Waals surface area contributed by atoms with Gasteiger partial charge >= 0.3 is 0 Å². The standard InChI is InChI=1S/C10H18ClN3OS/c1-15-5-4-14-10(8(11)7-13-14)9(12)3-6-16-2/h7,9H,3-6,12H2,1-2H3. The molecule has 92 valence electrons. The van der Waals surface area contributed by atoms with Gasteiger partial charge in [0.15, 0.2) is 0 Å². The summed E-state index contributed by atoms with van der Waals surface area (Å²) in [7, 11) is 1.67. The monoisotopic (exact) mass is 263 g/mol. The van der Waals surface area contributed by atoms with Crippen LogP contribution in [0.15, 0.2) is 6.20 Å². The van der Waals surface area contributed by atoms with Gasteiger partial charge in [-0.05, 0) is 18.4 Å². The molecule has 1 heterocycles. The Labute approximate surface area is 105 Å². The molecule has 0 amide bonds. The van der Waals surface area contributed by atoms with Crippen LogP contribution < -0.4 is 5.73 Å². The second kappa shape index (κ2) is 7.17. The second-order valence-corrected chi connectivity index (χ2v) is 4.87. The van der Waals surface area contributed by atoms with Gasteiger partial charge in [0.25, 0.3) is 0 Å². The number of hydrogen-bond donors (Lipinski definition) is 1. The van der Waals surface area contributed by atoms with Crippen molar-refractivity contribution >= 4 is 23.4 Å². The molecule has 1 atom stereocenters. The van der Waals surface area contributed by atoms with Gasteiger partial charge in [0, 0.05) is 13.2 Å². The first-order valence-electron chi connectivity index (χ1n) is 5.15. The van der Waals surface area contributed by atoms with Crippen LogP contribution in [0.2, 0.25) is 5.02 Å². The highest BCUT2D eigenvalue weighted by molar-refractivity contribution is 7.98. The molecule has 0 saturated carbocycles. The van der Waals surface area contributed by atoms with Gasteiger partial charge < -0.3 is 10.5 Å². The van der Waals surface area contributed by atoms with E-state index in [2.05, 4.69) is 11.4 Å². The summed E-state index contributed by atoms with van der Waals surface area (Å²) < 4.78 is 6.85. The van der Waals surface area contributed by atoms with Crippen LogP contribution in [0.4, 0.5) is 0 Å². The van der Waals surface area contributed by atoms with E-state index in [1.807, 2.05) is 4.68 Å². The van der Waals surface area contributed by atoms with E-state index < -0.39 is 0 Å². The molecule has 16 heavy (non-hydrogen) atoms. The van der Waals surface area contributed by atoms with Crippen molar-refractivity contribution in [2.24, 2.45) is 5.73 Å². The van der Waals surface area contributed by atoms with Crippen LogP contribution in [0, 0.1) is 0 Å². The third-order valence-corrected chi connectivity index (χ3v) is 3.26. The first-order valence-corrected chi connectivity index (χ1v) is 6.92. The van der Waals surface area contributed by atoms with Crippen molar-refractivity contribution in [1.82, 2.24) is 9.78 Å². The Morgan fingerprint density at radius 3 is 3.06 bits per heavy atom. The molecule has 1 unspecified atom stereocenters. The fourth-order valence-electron chi connectivity index (χ4n) is 1.48. The first-order chi connectivity index (χ1) is 7.70. The van der Waals surface area contributed by atoms with E-state index in [0.29, 0.717) is 18.2 Å². The van der Waals surface area contributed by atoms with Crippen molar-refractivity contribution in [3.8, 4) is 0 Å². The molecule has 6 heteroatoms. The lowest BCUT2D eigenvalue weighted by Crippen LogP contribution is -2.19. The van der Waals surface area contributed by atoms with Crippen LogP contribution in [0.5, 0.6) is 0 Å². The lowest BCUT2D eigenvalue weighted by molar-refractivity contribution is 0.182. The second-order valence-electron chi connectivity index (χ2n) is 3.48. The minimum Gasteiger partial charge on any atom is -0.383 e. The number of nitrogens with zero attached hydrogens (tertiary/aromatic N) is 2. The van der Waals surface area contributed by atoms with Crippen LogP contribution in [0.3, 0.4) is 0 Å². The quantitative estimate of drug-likeness (QED) is 0.817. The van der Waals surface area contributed by atoms with Crippen molar-refractivity contribution in [2.75, 3.05) is 25.7 Å². The summed E-state index contributed by atoms with van der Waals surface area (Å²) in [6.45, 7) is 1.30. The summed E-state index contributed by atoms with van der Waals surface area (Å²) in [5, 5.41) is 4.84. The molecule has 0 aromatic carbocycles. The third-order valence-electron chi connectivity index (χ3n) is 2.32. The highest BCUT2D eigenvalue weighted by Crippen LogP contribution is 2.24. The molecule has 0 aliphatic rings. The predicted octanol–water partition coefficient (Wildman–Crippen LogP) is 1.94. The summed E-state index contributed by atoms with van der Waals surface area (Å²) >= 11 is 7.87. The Hall–Kier alpha value is -0.230. The van der Waals surface area contributed by atoms with Crippen molar-refractivity contribution in [2.45, 2.75) is 19.0 Å². The zero-order valence-electron chi connectivity index (χ0n) is 9.65. The molecular weight excluding hydrogens is 246 g/mol. The maximum absolute atomic E-state index is 6.10. The Balaban J connectivity index is 2.71. The highest BCUT2D eigenvalue weighted by Gasteiger charge is 2.16. The molecule has 0 aliphatic heterocycles. The van der Waals surface area contributed by atoms with Crippen molar-refractivity contribution in [3.05, 3.63) is 16.9 Å². The zero-order chi connectivity index (χ0) is 12.0. The Kier molecular flexibility index (Phi) is 6.20. The minimum absolute atomic E-state index is 0.0562. The van der Waals surface area contributed by atoms with Crippen LogP contribution in [-0.4, -0.2) is 35.5 Å². The third kappa shape index (κ3) is 3.66. The average Bonchev–Trinajstić information content (AvgIpc) is 2.64. The summed E-state index contributed by atoms with van der Waals surface area (Å²) in [4.78, 5) is 0. The topological polar surface area (TPSA) is 53.1 Å². The van der Waals surface area contributed by atoms with Crippen molar-refractivity contribution in [1.29, 1.82) is 0 Å². The average molecular weight is 264 g/mol. The lowest BCUT2D eigenvalue weighted by Gasteiger charge is -2.14. The molecule has 1 rings (SSSR count). The van der Waals surface area contributed by atoms with Gasteiger partial charge in [-0.3, -0.25) is 4.68 Å². The van der Waals surface area contributed by atoms with E-state index in [-0.39, 0.29) is 6.04 Å². The molecule has 0 aliphatic carbocycles. The Bertz CT molecular complexity index is 319. The minimum atomic E-state index is -0.0562. The van der Waals surface area contributed by atoms with Gasteiger partial charge in [-0.15, -0.1) is 0 Å². The van der Waals surface area contributed by atoms with E-state index in [1.54, 1.807) is 25.1 Å². The number of thioether (sulfide) groups is 1. The normalized spacial score (nSPS) is 13.0. The van der Waals surface area contributed by atoms with E-state index in [9.17, 15) is 0 Å². The van der Waals surface area contributed by atoms with Gasteiger partial charge in [-0.25, -0.2) is 0 Å². The number of rotatable bonds is 7. The lowest BCUT2D eigenvalue weighted by atomic mass is 10.1. The number of methoxy groups -OCH3 is 1. The fraction of sp³-hybridized carbons (Fsp3) is 0.700. The summed E-state index contributed by atoms with van der Waals surface area (Å²) in [5.74, 6) is 1.02. The van der Waals surface area contributed by atoms with Gasteiger partial charge in [0.05, 0.1) is 30.1 Å². The number of halogens is 1. The van der Waals surface area contributed by atoms with Crippen LogP contribution in [0.1, 0.15) is 18.2 Å². The van der Waals surface area contributed by atoms with Gasteiger partial charge in [0.1, 0.15) is 0 Å². The number of nitrogens with two attached hydrogens (primary N) is 1. The van der Waals surface area contributed by atoms with E-state index >= 15 is 0 Å². The molecule has 0 saturated heterocycles. The van der Waals surface area contributed by atoms with E-state index in [0.717, 1.165) is 17.9 Å². The molecule has 2 N–H and O–H groups in total. The molecule has 0 radical (unpaired) electrons.